The number of carbonyl (C=O) groups is 7. The maximum atomic E-state index is 14.8. The lowest BCUT2D eigenvalue weighted by Crippen LogP contribution is -2.59. The first-order valence-electron chi connectivity index (χ1n) is 31.4. The van der Waals surface area contributed by atoms with Gasteiger partial charge in [0.1, 0.15) is 18.1 Å². The van der Waals surface area contributed by atoms with Crippen LogP contribution >= 0.6 is 0 Å². The average Bonchev–Trinajstić information content (AvgIpc) is 4.25. The van der Waals surface area contributed by atoms with E-state index in [0.717, 1.165) is 49.8 Å². The molecule has 5 aromatic rings. The fourth-order valence-electron chi connectivity index (χ4n) is 12.7. The highest BCUT2D eigenvalue weighted by Crippen LogP contribution is 2.38. The molecule has 9 rings (SSSR count). The number of aromatic nitrogens is 6. The number of aryl methyl sites for hydroxylation is 4. The minimum absolute atomic E-state index is 0.0372. The molecule has 21 nitrogen and oxygen atoms in total. The Morgan fingerprint density at radius 2 is 1.02 bits per heavy atom. The number of nitrogens with zero attached hydrogens (tertiary/aromatic N) is 8. The molecule has 2 aromatic heterocycles. The van der Waals surface area contributed by atoms with Gasteiger partial charge in [-0.2, -0.15) is 0 Å². The number of carbonyl (C=O) groups excluding carboxylic acids is 7. The molecule has 0 radical (unpaired) electrons. The number of rotatable bonds is 23. The second-order valence-electron chi connectivity index (χ2n) is 26.7. The Bertz CT molecular complexity index is 3160. The van der Waals surface area contributed by atoms with Crippen LogP contribution in [0.3, 0.4) is 0 Å². The summed E-state index contributed by atoms with van der Waals surface area (Å²) in [5.41, 5.74) is 6.16. The topological polar surface area (TPSA) is 260 Å². The Labute approximate surface area is 517 Å². The van der Waals surface area contributed by atoms with Crippen molar-refractivity contribution in [3.05, 3.63) is 142 Å². The molecule has 21 heteroatoms. The normalized spacial score (nSPS) is 21.5. The Balaban J connectivity index is 0.832. The number of likely N-dealkylation sites (N-methyl/N-ethyl adjacent to an activating group) is 2. The van der Waals surface area contributed by atoms with Crippen LogP contribution in [0.15, 0.2) is 97.5 Å². The predicted octanol–water partition coefficient (Wildman–Crippen LogP) is 6.44. The number of Topliss-reactive ketones (excluding diaryl/α,β-unsaturated/α-hetero) is 2. The fraction of sp³-hybridized carbons (Fsp3) is 0.537. The molecule has 2 fully saturated rings. The van der Waals surface area contributed by atoms with E-state index in [1.165, 1.54) is 16.7 Å². The lowest BCUT2D eigenvalue weighted by atomic mass is 9.85. The lowest BCUT2D eigenvalue weighted by Gasteiger charge is -2.37. The molecular weight excluding hydrogens is 1110 g/mol. The second kappa shape index (κ2) is 27.6. The molecule has 0 unspecified atom stereocenters. The van der Waals surface area contributed by atoms with Gasteiger partial charge in [-0.25, -0.2) is 9.36 Å². The molecule has 0 saturated carbocycles. The summed E-state index contributed by atoms with van der Waals surface area (Å²) in [6.45, 7) is 19.9. The van der Waals surface area contributed by atoms with Crippen molar-refractivity contribution in [3.8, 4) is 0 Å². The van der Waals surface area contributed by atoms with Crippen molar-refractivity contribution >= 4 is 41.1 Å². The van der Waals surface area contributed by atoms with Crippen LogP contribution in [0.2, 0.25) is 0 Å². The molecule has 6 N–H and O–H groups in total. The molecule has 2 aliphatic heterocycles. The van der Waals surface area contributed by atoms with E-state index in [-0.39, 0.29) is 91.5 Å². The van der Waals surface area contributed by atoms with E-state index < -0.39 is 53.1 Å². The van der Waals surface area contributed by atoms with Gasteiger partial charge in [0.2, 0.25) is 29.5 Å². The number of amides is 5. The summed E-state index contributed by atoms with van der Waals surface area (Å²) in [6.07, 6.45) is 10.7. The minimum atomic E-state index is -0.929. The minimum Gasteiger partial charge on any atom is -0.380 e. The zero-order valence-electron chi connectivity index (χ0n) is 52.9. The van der Waals surface area contributed by atoms with E-state index in [1.54, 1.807) is 72.7 Å². The molecule has 0 spiro atoms. The molecule has 0 bridgehead atoms. The highest BCUT2D eigenvalue weighted by Gasteiger charge is 2.48. The molecular formula is C67H90N14O7. The number of hydrogen-bond acceptors (Lipinski definition) is 14. The fourth-order valence-corrected chi connectivity index (χ4v) is 12.7. The third-order valence-electron chi connectivity index (χ3n) is 18.3. The molecule has 10 atom stereocenters. The quantitative estimate of drug-likeness (QED) is 0.0385. The SMILES string of the molecule is C=C(N[C@@H]1CCCc2ccccc21)[C@@H]1C[C@H](n2cc(CCC(=O)c3cccc(C(=O)CCc4cn([C@H]5C[C@@H](C(=O)N[C@@H]6CCCc7ccccc76)N(C(=O)[C@@H](NC(=O)[C@H](C)NC)C(C)(C)C)C5)nn4)c3)nn2)CN1C(=O)[C@@H](NC(=O)[C@H](C)NC)C(C)(C)C. The van der Waals surface area contributed by atoms with Crippen LogP contribution in [0.5, 0.6) is 0 Å². The average molecular weight is 1200 g/mol. The third kappa shape index (κ3) is 15.0. The lowest BCUT2D eigenvalue weighted by molar-refractivity contribution is -0.144. The van der Waals surface area contributed by atoms with Gasteiger partial charge >= 0.3 is 0 Å². The second-order valence-corrected chi connectivity index (χ2v) is 26.7. The summed E-state index contributed by atoms with van der Waals surface area (Å²) < 4.78 is 3.44. The van der Waals surface area contributed by atoms with Crippen molar-refractivity contribution in [2.24, 2.45) is 10.8 Å². The first-order chi connectivity index (χ1) is 41.9. The number of hydrogen-bond donors (Lipinski definition) is 6. The number of fused-ring (bicyclic) bond motifs is 2. The van der Waals surface area contributed by atoms with E-state index >= 15 is 0 Å². The molecule has 3 aromatic carbocycles. The Morgan fingerprint density at radius 3 is 1.48 bits per heavy atom. The van der Waals surface area contributed by atoms with Gasteiger partial charge in [-0.3, -0.25) is 33.6 Å². The maximum absolute atomic E-state index is 14.8. The van der Waals surface area contributed by atoms with E-state index in [4.69, 9.17) is 0 Å². The summed E-state index contributed by atoms with van der Waals surface area (Å²) >= 11 is 0. The van der Waals surface area contributed by atoms with Gasteiger partial charge in [0.25, 0.3) is 0 Å². The van der Waals surface area contributed by atoms with Crippen molar-refractivity contribution in [1.29, 1.82) is 0 Å². The monoisotopic (exact) mass is 1200 g/mol. The Morgan fingerprint density at radius 1 is 0.591 bits per heavy atom. The van der Waals surface area contributed by atoms with Crippen molar-refractivity contribution in [3.63, 3.8) is 0 Å². The van der Waals surface area contributed by atoms with Crippen LogP contribution < -0.4 is 31.9 Å². The van der Waals surface area contributed by atoms with Crippen molar-refractivity contribution in [2.75, 3.05) is 27.2 Å². The molecule has 88 heavy (non-hydrogen) atoms. The Hall–Kier alpha value is -7.91. The highest BCUT2D eigenvalue weighted by molar-refractivity contribution is 6.01. The zero-order valence-corrected chi connectivity index (χ0v) is 52.9. The van der Waals surface area contributed by atoms with Gasteiger partial charge in [0, 0.05) is 74.4 Å². The van der Waals surface area contributed by atoms with Crippen LogP contribution in [0.4, 0.5) is 0 Å². The summed E-state index contributed by atoms with van der Waals surface area (Å²) in [6, 6.07) is 18.3. The molecule has 470 valence electrons. The van der Waals surface area contributed by atoms with Crippen LogP contribution in [-0.4, -0.2) is 144 Å². The van der Waals surface area contributed by atoms with Gasteiger partial charge < -0.3 is 41.7 Å². The highest BCUT2D eigenvalue weighted by atomic mass is 16.2. The third-order valence-corrected chi connectivity index (χ3v) is 18.3. The van der Waals surface area contributed by atoms with Gasteiger partial charge in [0.05, 0.1) is 53.7 Å². The van der Waals surface area contributed by atoms with Crippen molar-refractivity contribution in [1.82, 2.24) is 71.7 Å². The van der Waals surface area contributed by atoms with Crippen molar-refractivity contribution < 1.29 is 33.6 Å². The first kappa shape index (κ1) is 64.6. The number of benzene rings is 3. The van der Waals surface area contributed by atoms with E-state index in [0.29, 0.717) is 41.9 Å². The Kier molecular flexibility index (Phi) is 20.3. The smallest absolute Gasteiger partial charge is 0.246 e. The van der Waals surface area contributed by atoms with E-state index in [2.05, 4.69) is 89.4 Å². The summed E-state index contributed by atoms with van der Waals surface area (Å²) in [7, 11) is 3.38. The standard InChI is InChI=1S/C67H90N14O7/c1-40(70-53-27-17-21-43-19-12-14-25-51(43)53)55-34-49(38-78(55)64(87)59(66(4,5)6)72-61(84)41(2)68-10)80-36-47(74-76-80)29-31-57(82)45-23-16-24-46(33-45)58(83)32-30-48-37-81(77-75-48)50-35-56(63(86)71-54-28-18-22-44-20-13-15-26-52(44)54)79(39-50)65(88)60(67(7,8)9)73-62(85)42(3)69-11/h12-16,19-20,23-26,33,36-37,41-42,49-50,53-56,59-60,68-70H,1,17-18,21-22,27-32,34-35,38-39H2,2-11H3,(H,71,86)(H,72,84)(H,73,85)/t41-,42-,49-,50-,53+,54+,55-,56-,59+,60+/m0/s1. The zero-order chi connectivity index (χ0) is 63.2. The first-order valence-corrected chi connectivity index (χ1v) is 31.4. The van der Waals surface area contributed by atoms with E-state index in [1.807, 2.05) is 70.8 Å². The molecule has 4 aliphatic rings. The van der Waals surface area contributed by atoms with Gasteiger partial charge in [0.15, 0.2) is 11.6 Å². The van der Waals surface area contributed by atoms with Crippen molar-refractivity contribution in [2.45, 2.75) is 193 Å². The molecule has 5 amide bonds. The maximum Gasteiger partial charge on any atom is 0.246 e. The van der Waals surface area contributed by atoms with Gasteiger partial charge in [-0.1, -0.05) is 125 Å². The van der Waals surface area contributed by atoms with Gasteiger partial charge in [-0.05, 0) is 112 Å². The number of ketones is 2. The molecule has 2 saturated heterocycles. The molecule has 4 heterocycles. The van der Waals surface area contributed by atoms with Crippen LogP contribution in [0.25, 0.3) is 0 Å². The van der Waals surface area contributed by atoms with Crippen LogP contribution in [0.1, 0.15) is 185 Å². The van der Waals surface area contributed by atoms with Crippen LogP contribution in [-0.2, 0) is 49.7 Å². The van der Waals surface area contributed by atoms with Crippen LogP contribution in [0, 0.1) is 10.8 Å². The summed E-state index contributed by atoms with van der Waals surface area (Å²) in [5, 5.41) is 36.8. The largest absolute Gasteiger partial charge is 0.380 e. The number of nitrogens with one attached hydrogen (secondary N) is 6. The number of likely N-dealkylation sites (tertiary alicyclic amines) is 2. The summed E-state index contributed by atoms with van der Waals surface area (Å²) in [5.74, 6) is -1.79. The van der Waals surface area contributed by atoms with E-state index in [9.17, 15) is 33.6 Å². The van der Waals surface area contributed by atoms with Gasteiger partial charge in [-0.15, -0.1) is 10.2 Å². The summed E-state index contributed by atoms with van der Waals surface area (Å²) in [4.78, 5) is 102. The molecule has 2 aliphatic carbocycles. The predicted molar refractivity (Wildman–Crippen MR) is 335 cm³/mol.